The van der Waals surface area contributed by atoms with Crippen molar-refractivity contribution in [1.29, 1.82) is 0 Å². The van der Waals surface area contributed by atoms with E-state index in [0.29, 0.717) is 11.0 Å². The molecule has 0 aliphatic carbocycles. The second kappa shape index (κ2) is 5.16. The molecule has 3 aromatic rings. The smallest absolute Gasteiger partial charge is 0.225 e. The van der Waals surface area contributed by atoms with Gasteiger partial charge in [0, 0.05) is 6.20 Å². The van der Waals surface area contributed by atoms with E-state index in [0.717, 1.165) is 11.1 Å². The van der Waals surface area contributed by atoms with E-state index in [1.54, 1.807) is 36.5 Å². The normalized spacial score (nSPS) is 11.3. The van der Waals surface area contributed by atoms with E-state index in [4.69, 9.17) is 5.73 Å². The maximum atomic E-state index is 13.1. The van der Waals surface area contributed by atoms with Gasteiger partial charge in [0.2, 0.25) is 11.8 Å². The molecule has 0 saturated heterocycles. The number of halogens is 1. The number of pyridine rings is 1. The first kappa shape index (κ1) is 13.0. The topological polar surface area (TPSA) is 84.9 Å². The largest absolute Gasteiger partial charge is 0.493 e. The summed E-state index contributed by atoms with van der Waals surface area (Å²) < 4.78 is 13.1. The molecule has 0 spiro atoms. The number of hydrogen-bond acceptors (Lipinski definition) is 5. The quantitative estimate of drug-likeness (QED) is 0.754. The van der Waals surface area contributed by atoms with Crippen molar-refractivity contribution in [3.8, 4) is 5.88 Å². The summed E-state index contributed by atoms with van der Waals surface area (Å²) in [5, 5.41) is 10.2. The molecule has 0 unspecified atom stereocenters. The van der Waals surface area contributed by atoms with Crippen LogP contribution in [0.1, 0.15) is 11.1 Å². The summed E-state index contributed by atoms with van der Waals surface area (Å²) in [5.41, 5.74) is 7.22. The fourth-order valence-electron chi connectivity index (χ4n) is 1.92. The molecule has 5 nitrogen and oxygen atoms in total. The van der Waals surface area contributed by atoms with Gasteiger partial charge < -0.3 is 10.8 Å². The molecule has 21 heavy (non-hydrogen) atoms. The van der Waals surface area contributed by atoms with Gasteiger partial charge in [-0.3, -0.25) is 0 Å². The molecule has 0 bridgehead atoms. The zero-order chi connectivity index (χ0) is 14.8. The van der Waals surface area contributed by atoms with E-state index in [9.17, 15) is 9.50 Å². The lowest BCUT2D eigenvalue weighted by Gasteiger charge is -2.01. The minimum atomic E-state index is -0.296. The first-order valence-electron chi connectivity index (χ1n) is 6.18. The minimum Gasteiger partial charge on any atom is -0.493 e. The van der Waals surface area contributed by atoms with Crippen LogP contribution in [0, 0.1) is 5.82 Å². The van der Waals surface area contributed by atoms with Crippen LogP contribution in [-0.2, 0) is 0 Å². The number of fused-ring (bicyclic) bond motifs is 1. The summed E-state index contributed by atoms with van der Waals surface area (Å²) in [6.45, 7) is 0. The molecule has 104 valence electrons. The maximum absolute atomic E-state index is 13.1. The molecule has 3 rings (SSSR count). The average Bonchev–Trinajstić information content (AvgIpc) is 2.45. The van der Waals surface area contributed by atoms with Gasteiger partial charge >= 0.3 is 0 Å². The van der Waals surface area contributed by atoms with E-state index in [2.05, 4.69) is 15.0 Å². The molecule has 2 aromatic heterocycles. The number of rotatable bonds is 2. The Balaban J connectivity index is 1.98. The van der Waals surface area contributed by atoms with Crippen LogP contribution in [0.5, 0.6) is 5.88 Å². The van der Waals surface area contributed by atoms with E-state index in [-0.39, 0.29) is 17.6 Å². The Kier molecular flexibility index (Phi) is 3.19. The van der Waals surface area contributed by atoms with Gasteiger partial charge in [-0.05, 0) is 29.3 Å². The van der Waals surface area contributed by atoms with Gasteiger partial charge in [-0.25, -0.2) is 9.37 Å². The number of nitrogens with two attached hydrogens (primary N) is 1. The number of aromatic hydroxyl groups is 1. The summed E-state index contributed by atoms with van der Waals surface area (Å²) in [6, 6.07) is 7.92. The van der Waals surface area contributed by atoms with Gasteiger partial charge in [-0.15, -0.1) is 0 Å². The zero-order valence-corrected chi connectivity index (χ0v) is 10.9. The number of benzene rings is 1. The molecular weight excluding hydrogens is 271 g/mol. The third-order valence-electron chi connectivity index (χ3n) is 2.89. The number of aromatic nitrogens is 3. The molecule has 0 fully saturated rings. The van der Waals surface area contributed by atoms with Crippen LogP contribution in [-0.4, -0.2) is 20.1 Å². The van der Waals surface area contributed by atoms with Gasteiger partial charge in [-0.1, -0.05) is 24.3 Å². The lowest BCUT2D eigenvalue weighted by molar-refractivity contribution is 0.460. The third kappa shape index (κ3) is 2.79. The highest BCUT2D eigenvalue weighted by Gasteiger charge is 2.06. The summed E-state index contributed by atoms with van der Waals surface area (Å²) >= 11 is 0. The Labute approximate surface area is 119 Å². The highest BCUT2D eigenvalue weighted by molar-refractivity contribution is 5.84. The number of anilines is 1. The third-order valence-corrected chi connectivity index (χ3v) is 2.89. The van der Waals surface area contributed by atoms with Crippen LogP contribution in [0.25, 0.3) is 23.2 Å². The maximum Gasteiger partial charge on any atom is 0.225 e. The fraction of sp³-hybridized carbons (Fsp3) is 0. The Morgan fingerprint density at radius 2 is 1.90 bits per heavy atom. The molecule has 3 N–H and O–H groups in total. The van der Waals surface area contributed by atoms with Crippen molar-refractivity contribution >= 4 is 29.1 Å². The first-order valence-corrected chi connectivity index (χ1v) is 6.18. The number of nitrogen functional groups attached to an aromatic ring is 1. The molecule has 0 atom stereocenters. The highest BCUT2D eigenvalue weighted by atomic mass is 19.1. The SMILES string of the molecule is Nc1nc(O)c2cc(/C=C/c3cccc(F)c3)cnc2n1. The zero-order valence-electron chi connectivity index (χ0n) is 10.9. The Bertz CT molecular complexity index is 848. The van der Waals surface area contributed by atoms with E-state index < -0.39 is 0 Å². The van der Waals surface area contributed by atoms with Crippen molar-refractivity contribution in [3.05, 3.63) is 53.5 Å². The summed E-state index contributed by atoms with van der Waals surface area (Å²) in [4.78, 5) is 11.7. The molecule has 0 aliphatic rings. The van der Waals surface area contributed by atoms with Crippen molar-refractivity contribution in [2.45, 2.75) is 0 Å². The van der Waals surface area contributed by atoms with Crippen molar-refractivity contribution in [3.63, 3.8) is 0 Å². The van der Waals surface area contributed by atoms with Crippen LogP contribution in [0.2, 0.25) is 0 Å². The van der Waals surface area contributed by atoms with E-state index in [1.807, 2.05) is 0 Å². The Morgan fingerprint density at radius 1 is 1.10 bits per heavy atom. The van der Waals surface area contributed by atoms with E-state index >= 15 is 0 Å². The van der Waals surface area contributed by atoms with Gasteiger partial charge in [0.25, 0.3) is 0 Å². The molecule has 6 heteroatoms. The first-order chi connectivity index (χ1) is 10.1. The average molecular weight is 282 g/mol. The van der Waals surface area contributed by atoms with Crippen molar-refractivity contribution in [1.82, 2.24) is 15.0 Å². The molecule has 2 heterocycles. The molecule has 0 aliphatic heterocycles. The van der Waals surface area contributed by atoms with Gasteiger partial charge in [0.1, 0.15) is 5.82 Å². The predicted molar refractivity (Wildman–Crippen MR) is 78.7 cm³/mol. The van der Waals surface area contributed by atoms with Crippen LogP contribution in [0.15, 0.2) is 36.5 Å². The standard InChI is InChI=1S/C15H11FN4O/c16-11-3-1-2-9(6-11)4-5-10-7-12-13(18-8-10)19-15(17)20-14(12)21/h1-8H,(H3,17,18,19,20,21)/b5-4+. The molecule has 0 saturated carbocycles. The number of hydrogen-bond donors (Lipinski definition) is 2. The van der Waals surface area contributed by atoms with Crippen LogP contribution in [0.3, 0.4) is 0 Å². The van der Waals surface area contributed by atoms with E-state index in [1.165, 1.54) is 12.1 Å². The molecule has 0 radical (unpaired) electrons. The van der Waals surface area contributed by atoms with Gasteiger partial charge in [-0.2, -0.15) is 9.97 Å². The Hall–Kier alpha value is -3.02. The van der Waals surface area contributed by atoms with Gasteiger partial charge in [0.15, 0.2) is 5.65 Å². The Morgan fingerprint density at radius 3 is 2.71 bits per heavy atom. The predicted octanol–water partition coefficient (Wildman–Crippen LogP) is 2.62. The number of nitrogens with zero attached hydrogens (tertiary/aromatic N) is 3. The molecule has 1 aromatic carbocycles. The van der Waals surface area contributed by atoms with Crippen LogP contribution in [0.4, 0.5) is 10.3 Å². The molecule has 0 amide bonds. The minimum absolute atomic E-state index is 0.0319. The van der Waals surface area contributed by atoms with Crippen molar-refractivity contribution < 1.29 is 9.50 Å². The summed E-state index contributed by atoms with van der Waals surface area (Å²) in [7, 11) is 0. The highest BCUT2D eigenvalue weighted by Crippen LogP contribution is 2.22. The van der Waals surface area contributed by atoms with Crippen LogP contribution < -0.4 is 5.73 Å². The second-order valence-electron chi connectivity index (χ2n) is 4.43. The van der Waals surface area contributed by atoms with Crippen molar-refractivity contribution in [2.75, 3.05) is 5.73 Å². The van der Waals surface area contributed by atoms with Crippen LogP contribution >= 0.6 is 0 Å². The lowest BCUT2D eigenvalue weighted by Crippen LogP contribution is -1.96. The van der Waals surface area contributed by atoms with Gasteiger partial charge in [0.05, 0.1) is 5.39 Å². The fourth-order valence-corrected chi connectivity index (χ4v) is 1.92. The second-order valence-corrected chi connectivity index (χ2v) is 4.43. The lowest BCUT2D eigenvalue weighted by atomic mass is 10.1. The molecular formula is C15H11FN4O. The van der Waals surface area contributed by atoms with Crippen molar-refractivity contribution in [2.24, 2.45) is 0 Å². The monoisotopic (exact) mass is 282 g/mol. The summed E-state index contributed by atoms with van der Waals surface area (Å²) in [5.74, 6) is -0.545. The summed E-state index contributed by atoms with van der Waals surface area (Å²) in [6.07, 6.45) is 5.10.